The predicted molar refractivity (Wildman–Crippen MR) is 90.7 cm³/mol. The van der Waals surface area contributed by atoms with E-state index in [0.717, 1.165) is 5.56 Å². The van der Waals surface area contributed by atoms with Gasteiger partial charge in [0.15, 0.2) is 0 Å². The fraction of sp³-hybridized carbons (Fsp3) is 0. The molecule has 118 valence electrons. The van der Waals surface area contributed by atoms with Gasteiger partial charge < -0.3 is 5.32 Å². The van der Waals surface area contributed by atoms with Crippen LogP contribution in [0.15, 0.2) is 54.2 Å². The van der Waals surface area contributed by atoms with Crippen molar-refractivity contribution < 1.29 is 9.59 Å². The first kappa shape index (κ1) is 17.0. The molecule has 23 heavy (non-hydrogen) atoms. The zero-order valence-corrected chi connectivity index (χ0v) is 13.4. The van der Waals surface area contributed by atoms with E-state index >= 15 is 0 Å². The molecular formula is C16H13Cl2N3O2. The van der Waals surface area contributed by atoms with E-state index in [1.54, 1.807) is 12.1 Å². The maximum absolute atomic E-state index is 12.3. The van der Waals surface area contributed by atoms with E-state index in [0.29, 0.717) is 5.02 Å². The Morgan fingerprint density at radius 1 is 1.04 bits per heavy atom. The molecule has 0 atom stereocenters. The first-order valence-corrected chi connectivity index (χ1v) is 7.31. The Balaban J connectivity index is 2.29. The number of carbonyl (C=O) groups is 2. The van der Waals surface area contributed by atoms with Crippen LogP contribution in [0.2, 0.25) is 10.0 Å². The first-order chi connectivity index (χ1) is 11.0. The number of nitrogens with one attached hydrogen (secondary N) is 2. The van der Waals surface area contributed by atoms with Crippen molar-refractivity contribution in [2.75, 3.05) is 0 Å². The smallest absolute Gasteiger partial charge is 0.281 e. The van der Waals surface area contributed by atoms with E-state index in [9.17, 15) is 9.59 Å². The average Bonchev–Trinajstić information content (AvgIpc) is 2.54. The van der Waals surface area contributed by atoms with Gasteiger partial charge >= 0.3 is 0 Å². The minimum atomic E-state index is -0.632. The van der Waals surface area contributed by atoms with Crippen LogP contribution in [-0.2, 0) is 4.79 Å². The summed E-state index contributed by atoms with van der Waals surface area (Å²) in [7, 11) is 0. The maximum Gasteiger partial charge on any atom is 0.281 e. The zero-order valence-electron chi connectivity index (χ0n) is 11.8. The van der Waals surface area contributed by atoms with Gasteiger partial charge in [0, 0.05) is 5.02 Å². The van der Waals surface area contributed by atoms with Gasteiger partial charge in [0.1, 0.15) is 5.70 Å². The number of amides is 2. The molecule has 7 heteroatoms. The van der Waals surface area contributed by atoms with Crippen molar-refractivity contribution in [2.24, 2.45) is 5.84 Å². The molecule has 0 bridgehead atoms. The minimum absolute atomic E-state index is 0.00489. The molecule has 0 fully saturated rings. The Bertz CT molecular complexity index is 761. The van der Waals surface area contributed by atoms with Crippen molar-refractivity contribution in [3.8, 4) is 0 Å². The van der Waals surface area contributed by atoms with E-state index in [-0.39, 0.29) is 16.3 Å². The molecule has 0 aliphatic rings. The number of hydrazine groups is 1. The molecule has 0 saturated carbocycles. The Labute approximate surface area is 143 Å². The molecule has 2 aromatic rings. The minimum Gasteiger partial charge on any atom is -0.317 e. The monoisotopic (exact) mass is 349 g/mol. The lowest BCUT2D eigenvalue weighted by Crippen LogP contribution is -2.38. The molecule has 2 aromatic carbocycles. The van der Waals surface area contributed by atoms with Crippen molar-refractivity contribution in [1.82, 2.24) is 10.7 Å². The van der Waals surface area contributed by atoms with Gasteiger partial charge in [-0.3, -0.25) is 15.0 Å². The molecule has 0 unspecified atom stereocenters. The van der Waals surface area contributed by atoms with E-state index < -0.39 is 11.8 Å². The number of halogens is 2. The number of carbonyl (C=O) groups excluding carboxylic acids is 2. The van der Waals surface area contributed by atoms with Crippen LogP contribution in [0, 0.1) is 0 Å². The van der Waals surface area contributed by atoms with Crippen LogP contribution in [0.1, 0.15) is 15.9 Å². The molecule has 0 aliphatic heterocycles. The summed E-state index contributed by atoms with van der Waals surface area (Å²) in [6, 6.07) is 13.5. The lowest BCUT2D eigenvalue weighted by molar-refractivity contribution is -0.117. The van der Waals surface area contributed by atoms with Gasteiger partial charge in [-0.05, 0) is 29.8 Å². The number of rotatable bonds is 4. The van der Waals surface area contributed by atoms with Crippen LogP contribution in [-0.4, -0.2) is 11.8 Å². The van der Waals surface area contributed by atoms with Crippen molar-refractivity contribution in [3.05, 3.63) is 75.4 Å². The van der Waals surface area contributed by atoms with Crippen LogP contribution in [0.25, 0.3) is 6.08 Å². The van der Waals surface area contributed by atoms with Crippen molar-refractivity contribution in [3.63, 3.8) is 0 Å². The Hall–Kier alpha value is -2.34. The highest BCUT2D eigenvalue weighted by atomic mass is 35.5. The molecule has 0 aromatic heterocycles. The Kier molecular flexibility index (Phi) is 5.76. The Morgan fingerprint density at radius 2 is 1.74 bits per heavy atom. The highest BCUT2D eigenvalue weighted by Gasteiger charge is 2.16. The SMILES string of the molecule is NNC(=O)/C(=C\c1ccccc1)NC(=O)c1ccc(Cl)cc1Cl. The van der Waals surface area contributed by atoms with Crippen molar-refractivity contribution >= 4 is 41.1 Å². The van der Waals surface area contributed by atoms with Gasteiger partial charge in [0.2, 0.25) is 0 Å². The third-order valence-corrected chi connectivity index (χ3v) is 3.46. The summed E-state index contributed by atoms with van der Waals surface area (Å²) >= 11 is 11.8. The molecule has 0 radical (unpaired) electrons. The lowest BCUT2D eigenvalue weighted by Gasteiger charge is -2.10. The Morgan fingerprint density at radius 3 is 2.35 bits per heavy atom. The summed E-state index contributed by atoms with van der Waals surface area (Å²) in [5, 5.41) is 3.09. The summed E-state index contributed by atoms with van der Waals surface area (Å²) in [5.74, 6) is 3.98. The van der Waals surface area contributed by atoms with Gasteiger partial charge in [0.25, 0.3) is 11.8 Å². The van der Waals surface area contributed by atoms with Crippen LogP contribution in [0.4, 0.5) is 0 Å². The number of benzene rings is 2. The molecule has 0 saturated heterocycles. The van der Waals surface area contributed by atoms with Gasteiger partial charge in [-0.1, -0.05) is 53.5 Å². The molecule has 4 N–H and O–H groups in total. The highest BCUT2D eigenvalue weighted by Crippen LogP contribution is 2.21. The molecule has 0 aliphatic carbocycles. The molecular weight excluding hydrogens is 337 g/mol. The zero-order chi connectivity index (χ0) is 16.8. The number of hydrogen-bond acceptors (Lipinski definition) is 3. The average molecular weight is 350 g/mol. The topological polar surface area (TPSA) is 84.2 Å². The fourth-order valence-corrected chi connectivity index (χ4v) is 2.31. The fourth-order valence-electron chi connectivity index (χ4n) is 1.82. The quantitative estimate of drug-likeness (QED) is 0.343. The standard InChI is InChI=1S/C16H13Cl2N3O2/c17-11-6-7-12(13(18)9-11)15(22)20-14(16(23)21-19)8-10-4-2-1-3-5-10/h1-9H,19H2,(H,20,22)(H,21,23)/b14-8+. The van der Waals surface area contributed by atoms with Gasteiger partial charge in [-0.25, -0.2) is 5.84 Å². The maximum atomic E-state index is 12.3. The first-order valence-electron chi connectivity index (χ1n) is 6.55. The second-order valence-electron chi connectivity index (χ2n) is 4.52. The summed E-state index contributed by atoms with van der Waals surface area (Å²) in [5.41, 5.74) is 2.91. The molecule has 0 spiro atoms. The predicted octanol–water partition coefficient (Wildman–Crippen LogP) is 2.75. The van der Waals surface area contributed by atoms with Crippen LogP contribution >= 0.6 is 23.2 Å². The lowest BCUT2D eigenvalue weighted by atomic mass is 10.1. The van der Waals surface area contributed by atoms with Gasteiger partial charge in [0.05, 0.1) is 10.6 Å². The summed E-state index contributed by atoms with van der Waals surface area (Å²) < 4.78 is 0. The summed E-state index contributed by atoms with van der Waals surface area (Å²) in [4.78, 5) is 24.1. The molecule has 2 rings (SSSR count). The third-order valence-electron chi connectivity index (χ3n) is 2.91. The van der Waals surface area contributed by atoms with Gasteiger partial charge in [-0.15, -0.1) is 0 Å². The third kappa shape index (κ3) is 4.56. The number of nitrogens with two attached hydrogens (primary N) is 1. The normalized spacial score (nSPS) is 11.0. The van der Waals surface area contributed by atoms with Crippen LogP contribution < -0.4 is 16.6 Å². The summed E-state index contributed by atoms with van der Waals surface area (Å²) in [6.45, 7) is 0. The highest BCUT2D eigenvalue weighted by molar-refractivity contribution is 6.36. The molecule has 0 heterocycles. The van der Waals surface area contributed by atoms with E-state index in [2.05, 4.69) is 5.32 Å². The summed E-state index contributed by atoms with van der Waals surface area (Å²) in [6.07, 6.45) is 1.50. The van der Waals surface area contributed by atoms with E-state index in [4.69, 9.17) is 29.0 Å². The van der Waals surface area contributed by atoms with Crippen LogP contribution in [0.3, 0.4) is 0 Å². The van der Waals surface area contributed by atoms with Crippen LogP contribution in [0.5, 0.6) is 0 Å². The van der Waals surface area contributed by atoms with Crippen molar-refractivity contribution in [1.29, 1.82) is 0 Å². The molecule has 5 nitrogen and oxygen atoms in total. The second kappa shape index (κ2) is 7.78. The second-order valence-corrected chi connectivity index (χ2v) is 5.36. The van der Waals surface area contributed by atoms with E-state index in [1.165, 1.54) is 24.3 Å². The number of hydrogen-bond donors (Lipinski definition) is 3. The largest absolute Gasteiger partial charge is 0.317 e. The van der Waals surface area contributed by atoms with Crippen molar-refractivity contribution in [2.45, 2.75) is 0 Å². The van der Waals surface area contributed by atoms with Gasteiger partial charge in [-0.2, -0.15) is 0 Å². The van der Waals surface area contributed by atoms with E-state index in [1.807, 2.05) is 23.6 Å². The molecule has 2 amide bonds.